The number of ether oxygens (including phenoxy) is 3. The summed E-state index contributed by atoms with van der Waals surface area (Å²) in [6.45, 7) is 3.99. The second-order valence-electron chi connectivity index (χ2n) is 5.07. The van der Waals surface area contributed by atoms with Crippen LogP contribution in [0.2, 0.25) is 0 Å². The van der Waals surface area contributed by atoms with Crippen molar-refractivity contribution in [2.24, 2.45) is 0 Å². The lowest BCUT2D eigenvalue weighted by molar-refractivity contribution is -0.0285. The van der Waals surface area contributed by atoms with Crippen LogP contribution in [0.15, 0.2) is 42.6 Å². The molecule has 1 aromatic heterocycles. The van der Waals surface area contributed by atoms with Gasteiger partial charge in [-0.2, -0.15) is 5.10 Å². The van der Waals surface area contributed by atoms with Crippen LogP contribution in [-0.4, -0.2) is 49.4 Å². The molecule has 0 bridgehead atoms. The smallest absolute Gasteiger partial charge is 0.148 e. The lowest BCUT2D eigenvalue weighted by Crippen LogP contribution is -2.31. The second kappa shape index (κ2) is 7.82. The van der Waals surface area contributed by atoms with E-state index in [1.54, 1.807) is 0 Å². The fourth-order valence-corrected chi connectivity index (χ4v) is 2.10. The Labute approximate surface area is 130 Å². The summed E-state index contributed by atoms with van der Waals surface area (Å²) in [6, 6.07) is 12.1. The van der Waals surface area contributed by atoms with Gasteiger partial charge in [0.05, 0.1) is 32.5 Å². The highest BCUT2D eigenvalue weighted by molar-refractivity contribution is 5.32. The number of aromatic nitrogens is 2. The van der Waals surface area contributed by atoms with Crippen molar-refractivity contribution >= 4 is 5.82 Å². The van der Waals surface area contributed by atoms with Gasteiger partial charge in [-0.1, -0.05) is 18.2 Å². The molecule has 118 valence electrons. The minimum absolute atomic E-state index is 0.391. The van der Waals surface area contributed by atoms with E-state index in [9.17, 15) is 0 Å². The van der Waals surface area contributed by atoms with E-state index in [0.29, 0.717) is 25.9 Å². The minimum atomic E-state index is 0.391. The van der Waals surface area contributed by atoms with Crippen molar-refractivity contribution in [3.63, 3.8) is 0 Å². The van der Waals surface area contributed by atoms with Crippen LogP contribution in [-0.2, 0) is 9.47 Å². The number of hydrogen-bond acceptors (Lipinski definition) is 5. The van der Waals surface area contributed by atoms with Gasteiger partial charge in [0.2, 0.25) is 0 Å². The normalized spacial score (nSPS) is 14.5. The summed E-state index contributed by atoms with van der Waals surface area (Å²) < 4.78 is 18.2. The first kappa shape index (κ1) is 14.9. The molecule has 3 rings (SSSR count). The van der Waals surface area contributed by atoms with Gasteiger partial charge in [0.15, 0.2) is 0 Å². The number of rotatable bonds is 9. The molecule has 1 aliphatic rings. The lowest BCUT2D eigenvalue weighted by Gasteiger charge is -2.25. The molecule has 1 saturated heterocycles. The summed E-state index contributed by atoms with van der Waals surface area (Å²) in [5.74, 6) is 1.74. The van der Waals surface area contributed by atoms with Crippen LogP contribution in [0.5, 0.6) is 5.75 Å². The van der Waals surface area contributed by atoms with E-state index >= 15 is 0 Å². The molecule has 2 aromatic rings. The maximum absolute atomic E-state index is 5.55. The van der Waals surface area contributed by atoms with Crippen molar-refractivity contribution in [3.8, 4) is 5.75 Å². The molecule has 0 atom stereocenters. The molecule has 0 radical (unpaired) electrons. The van der Waals surface area contributed by atoms with Gasteiger partial charge in [0, 0.05) is 18.8 Å². The van der Waals surface area contributed by atoms with Gasteiger partial charge in [-0.05, 0) is 12.1 Å². The molecule has 0 unspecified atom stereocenters. The summed E-state index contributed by atoms with van der Waals surface area (Å²) in [5, 5.41) is 7.69. The van der Waals surface area contributed by atoms with E-state index in [2.05, 4.69) is 10.4 Å². The molecule has 22 heavy (non-hydrogen) atoms. The van der Waals surface area contributed by atoms with Gasteiger partial charge in [0.25, 0.3) is 0 Å². The number of nitrogens with zero attached hydrogens (tertiary/aromatic N) is 2. The standard InChI is InChI=1S/C16H21N3O3/c1-2-4-15(5-3-1)22-11-10-20-9-7-17-16-6-8-19(18-16)14-12-21-13-14/h1-6,8,14H,7,9-13H2,(H,17,18). The van der Waals surface area contributed by atoms with Crippen LogP contribution in [0.1, 0.15) is 6.04 Å². The molecule has 6 nitrogen and oxygen atoms in total. The Morgan fingerprint density at radius 1 is 1.14 bits per heavy atom. The van der Waals surface area contributed by atoms with Gasteiger partial charge in [-0.25, -0.2) is 0 Å². The maximum atomic E-state index is 5.55. The van der Waals surface area contributed by atoms with E-state index in [-0.39, 0.29) is 0 Å². The third kappa shape index (κ3) is 4.22. The molecule has 0 saturated carbocycles. The lowest BCUT2D eigenvalue weighted by atomic mass is 10.3. The number of para-hydroxylation sites is 1. The van der Waals surface area contributed by atoms with E-state index in [0.717, 1.165) is 31.3 Å². The Kier molecular flexibility index (Phi) is 5.28. The zero-order valence-electron chi connectivity index (χ0n) is 12.5. The fraction of sp³-hybridized carbons (Fsp3) is 0.438. The number of benzene rings is 1. The van der Waals surface area contributed by atoms with Crippen molar-refractivity contribution in [2.75, 3.05) is 44.9 Å². The van der Waals surface area contributed by atoms with Crippen LogP contribution in [0.4, 0.5) is 5.82 Å². The monoisotopic (exact) mass is 303 g/mol. The average Bonchev–Trinajstić information content (AvgIpc) is 2.94. The van der Waals surface area contributed by atoms with Crippen LogP contribution < -0.4 is 10.1 Å². The third-order valence-corrected chi connectivity index (χ3v) is 3.40. The van der Waals surface area contributed by atoms with Crippen molar-refractivity contribution < 1.29 is 14.2 Å². The largest absolute Gasteiger partial charge is 0.491 e. The van der Waals surface area contributed by atoms with Crippen LogP contribution in [0, 0.1) is 0 Å². The first-order valence-electron chi connectivity index (χ1n) is 7.54. The zero-order chi connectivity index (χ0) is 15.0. The first-order chi connectivity index (χ1) is 10.9. The molecular formula is C16H21N3O3. The Morgan fingerprint density at radius 2 is 2.00 bits per heavy atom. The van der Waals surface area contributed by atoms with Gasteiger partial charge in [-0.3, -0.25) is 4.68 Å². The molecule has 1 aliphatic heterocycles. The summed E-state index contributed by atoms with van der Waals surface area (Å²) in [7, 11) is 0. The van der Waals surface area contributed by atoms with Crippen molar-refractivity contribution in [1.82, 2.24) is 9.78 Å². The highest BCUT2D eigenvalue weighted by Crippen LogP contribution is 2.17. The summed E-state index contributed by atoms with van der Waals surface area (Å²) in [4.78, 5) is 0. The number of anilines is 1. The SMILES string of the molecule is c1ccc(OCCOCCNc2ccn(C3COC3)n2)cc1. The predicted molar refractivity (Wildman–Crippen MR) is 83.3 cm³/mol. The minimum Gasteiger partial charge on any atom is -0.491 e. The number of hydrogen-bond donors (Lipinski definition) is 1. The molecule has 1 N–H and O–H groups in total. The van der Waals surface area contributed by atoms with Crippen LogP contribution in [0.3, 0.4) is 0 Å². The average molecular weight is 303 g/mol. The third-order valence-electron chi connectivity index (χ3n) is 3.40. The molecule has 0 amide bonds. The summed E-state index contributed by atoms with van der Waals surface area (Å²) in [6.07, 6.45) is 1.98. The Bertz CT molecular complexity index is 555. The molecule has 0 spiro atoms. The molecule has 6 heteroatoms. The van der Waals surface area contributed by atoms with Gasteiger partial charge in [-0.15, -0.1) is 0 Å². The maximum Gasteiger partial charge on any atom is 0.148 e. The second-order valence-corrected chi connectivity index (χ2v) is 5.07. The number of nitrogens with one attached hydrogen (secondary N) is 1. The summed E-state index contributed by atoms with van der Waals surface area (Å²) in [5.41, 5.74) is 0. The molecule has 1 aromatic carbocycles. The van der Waals surface area contributed by atoms with Crippen molar-refractivity contribution in [3.05, 3.63) is 42.6 Å². The highest BCUT2D eigenvalue weighted by atomic mass is 16.5. The van der Waals surface area contributed by atoms with E-state index in [4.69, 9.17) is 14.2 Å². The molecule has 1 fully saturated rings. The van der Waals surface area contributed by atoms with E-state index in [1.807, 2.05) is 47.3 Å². The Hall–Kier alpha value is -2.05. The van der Waals surface area contributed by atoms with Crippen LogP contribution >= 0.6 is 0 Å². The van der Waals surface area contributed by atoms with Gasteiger partial charge < -0.3 is 19.5 Å². The summed E-state index contributed by atoms with van der Waals surface area (Å²) >= 11 is 0. The Balaban J connectivity index is 1.24. The zero-order valence-corrected chi connectivity index (χ0v) is 12.5. The van der Waals surface area contributed by atoms with Gasteiger partial charge in [0.1, 0.15) is 18.2 Å². The van der Waals surface area contributed by atoms with Gasteiger partial charge >= 0.3 is 0 Å². The van der Waals surface area contributed by atoms with Crippen molar-refractivity contribution in [2.45, 2.75) is 6.04 Å². The topological polar surface area (TPSA) is 57.5 Å². The predicted octanol–water partition coefficient (Wildman–Crippen LogP) is 1.96. The van der Waals surface area contributed by atoms with Crippen molar-refractivity contribution in [1.29, 1.82) is 0 Å². The molecular weight excluding hydrogens is 282 g/mol. The van der Waals surface area contributed by atoms with E-state index < -0.39 is 0 Å². The molecule has 2 heterocycles. The molecule has 0 aliphatic carbocycles. The quantitative estimate of drug-likeness (QED) is 0.718. The van der Waals surface area contributed by atoms with E-state index in [1.165, 1.54) is 0 Å². The first-order valence-corrected chi connectivity index (χ1v) is 7.54. The highest BCUT2D eigenvalue weighted by Gasteiger charge is 2.20. The fourth-order valence-electron chi connectivity index (χ4n) is 2.10. The Morgan fingerprint density at radius 3 is 2.77 bits per heavy atom. The van der Waals surface area contributed by atoms with Crippen LogP contribution in [0.25, 0.3) is 0 Å².